The third-order valence-electron chi connectivity index (χ3n) is 2.03. The molecule has 72 valence electrons. The van der Waals surface area contributed by atoms with Gasteiger partial charge in [-0.25, -0.2) is 8.99 Å². The molecule has 14 heavy (non-hydrogen) atoms. The van der Waals surface area contributed by atoms with Gasteiger partial charge in [-0.05, 0) is 18.2 Å². The Bertz CT molecular complexity index is 570. The molecule has 4 heteroatoms. The minimum absolute atomic E-state index is 0.558. The lowest BCUT2D eigenvalue weighted by atomic mass is 10.2. The summed E-state index contributed by atoms with van der Waals surface area (Å²) in [6.45, 7) is 0. The van der Waals surface area contributed by atoms with Gasteiger partial charge in [0.2, 0.25) is 0 Å². The number of nitrogens with zero attached hydrogens (tertiary/aromatic N) is 1. The van der Waals surface area contributed by atoms with E-state index < -0.39 is 9.73 Å². The number of nitrogens with one attached hydrogen (secondary N) is 1. The summed E-state index contributed by atoms with van der Waals surface area (Å²) in [4.78, 5) is 4.70. The molecule has 0 spiro atoms. The van der Waals surface area contributed by atoms with Crippen LogP contribution in [0.2, 0.25) is 0 Å². The molecule has 1 atom stereocenters. The average Bonchev–Trinajstić information content (AvgIpc) is 2.15. The topological polar surface area (TPSA) is 53.8 Å². The number of hydrogen-bond acceptors (Lipinski definition) is 3. The largest absolute Gasteiger partial charge is 0.256 e. The van der Waals surface area contributed by atoms with Crippen LogP contribution >= 0.6 is 0 Å². The molecule has 1 heterocycles. The summed E-state index contributed by atoms with van der Waals surface area (Å²) >= 11 is 0. The van der Waals surface area contributed by atoms with Gasteiger partial charge in [-0.3, -0.25) is 4.98 Å². The van der Waals surface area contributed by atoms with Crippen LogP contribution in [0.3, 0.4) is 0 Å². The van der Waals surface area contributed by atoms with Crippen molar-refractivity contribution in [3.63, 3.8) is 0 Å². The standard InChI is InChI=1S/C10H10N2OS/c1-14(11,13)10-6-2-5-9-8(10)4-3-7-12-9/h2-7,11H,1H3. The van der Waals surface area contributed by atoms with Crippen LogP contribution in [0.1, 0.15) is 0 Å². The van der Waals surface area contributed by atoms with Crippen molar-refractivity contribution in [3.8, 4) is 0 Å². The molecule has 0 amide bonds. The maximum absolute atomic E-state index is 11.6. The molecule has 1 aromatic carbocycles. The minimum atomic E-state index is -2.67. The highest BCUT2D eigenvalue weighted by Crippen LogP contribution is 2.20. The molecule has 0 aliphatic heterocycles. The fourth-order valence-electron chi connectivity index (χ4n) is 1.41. The Balaban J connectivity index is 2.92. The Morgan fingerprint density at radius 1 is 1.29 bits per heavy atom. The zero-order valence-electron chi connectivity index (χ0n) is 7.73. The fraction of sp³-hybridized carbons (Fsp3) is 0.100. The highest BCUT2D eigenvalue weighted by molar-refractivity contribution is 7.92. The van der Waals surface area contributed by atoms with E-state index in [0.717, 1.165) is 10.9 Å². The van der Waals surface area contributed by atoms with Crippen molar-refractivity contribution in [2.45, 2.75) is 4.90 Å². The van der Waals surface area contributed by atoms with Gasteiger partial charge in [0.05, 0.1) is 20.1 Å². The molecule has 2 aromatic rings. The number of benzene rings is 1. The lowest BCUT2D eigenvalue weighted by Gasteiger charge is -2.04. The summed E-state index contributed by atoms with van der Waals surface area (Å²) in [5, 5.41) is 0.803. The van der Waals surface area contributed by atoms with Crippen LogP contribution in [-0.2, 0) is 9.73 Å². The van der Waals surface area contributed by atoms with Crippen molar-refractivity contribution in [1.82, 2.24) is 4.98 Å². The second-order valence-corrected chi connectivity index (χ2v) is 5.30. The van der Waals surface area contributed by atoms with E-state index in [1.54, 1.807) is 24.4 Å². The number of pyridine rings is 1. The predicted molar refractivity (Wildman–Crippen MR) is 56.8 cm³/mol. The number of aromatic nitrogens is 1. The summed E-state index contributed by atoms with van der Waals surface area (Å²) in [6, 6.07) is 8.98. The zero-order valence-corrected chi connectivity index (χ0v) is 8.54. The SMILES string of the molecule is CS(=N)(=O)c1cccc2ncccc12. The van der Waals surface area contributed by atoms with Crippen LogP contribution < -0.4 is 0 Å². The second kappa shape index (κ2) is 3.06. The molecule has 0 bridgehead atoms. The quantitative estimate of drug-likeness (QED) is 0.778. The Morgan fingerprint density at radius 3 is 2.79 bits per heavy atom. The molecular formula is C10H10N2OS. The van der Waals surface area contributed by atoms with Crippen LogP contribution in [-0.4, -0.2) is 15.4 Å². The summed E-state index contributed by atoms with van der Waals surface area (Å²) in [5.41, 5.74) is 0.784. The van der Waals surface area contributed by atoms with E-state index in [2.05, 4.69) is 4.98 Å². The first-order chi connectivity index (χ1) is 6.59. The van der Waals surface area contributed by atoms with Gasteiger partial charge in [-0.2, -0.15) is 0 Å². The van der Waals surface area contributed by atoms with E-state index in [-0.39, 0.29) is 0 Å². The molecule has 1 unspecified atom stereocenters. The van der Waals surface area contributed by atoms with E-state index in [1.165, 1.54) is 6.26 Å². The Labute approximate surface area is 82.8 Å². The second-order valence-electron chi connectivity index (χ2n) is 3.17. The smallest absolute Gasteiger partial charge is 0.0714 e. The van der Waals surface area contributed by atoms with Gasteiger partial charge in [0.25, 0.3) is 0 Å². The first-order valence-electron chi connectivity index (χ1n) is 4.16. The van der Waals surface area contributed by atoms with Crippen molar-refractivity contribution in [1.29, 1.82) is 4.78 Å². The summed E-state index contributed by atoms with van der Waals surface area (Å²) < 4.78 is 19.2. The van der Waals surface area contributed by atoms with Crippen molar-refractivity contribution in [3.05, 3.63) is 36.5 Å². The molecule has 0 radical (unpaired) electrons. The third kappa shape index (κ3) is 1.48. The van der Waals surface area contributed by atoms with Crippen molar-refractivity contribution in [2.75, 3.05) is 6.26 Å². The minimum Gasteiger partial charge on any atom is -0.256 e. The molecule has 1 N–H and O–H groups in total. The average molecular weight is 206 g/mol. The van der Waals surface area contributed by atoms with Crippen molar-refractivity contribution >= 4 is 20.6 Å². The van der Waals surface area contributed by atoms with Crippen LogP contribution in [0, 0.1) is 4.78 Å². The molecule has 0 saturated heterocycles. The number of fused-ring (bicyclic) bond motifs is 1. The molecule has 0 fully saturated rings. The zero-order chi connectivity index (χ0) is 10.2. The first-order valence-corrected chi connectivity index (χ1v) is 6.13. The van der Waals surface area contributed by atoms with E-state index >= 15 is 0 Å². The number of hydrogen-bond donors (Lipinski definition) is 1. The highest BCUT2D eigenvalue weighted by Gasteiger charge is 2.07. The van der Waals surface area contributed by atoms with Crippen LogP contribution in [0.4, 0.5) is 0 Å². The predicted octanol–water partition coefficient (Wildman–Crippen LogP) is 2.27. The summed E-state index contributed by atoms with van der Waals surface area (Å²) in [5.74, 6) is 0. The molecule has 2 rings (SSSR count). The van der Waals surface area contributed by atoms with Gasteiger partial charge < -0.3 is 0 Å². The monoisotopic (exact) mass is 206 g/mol. The molecule has 0 saturated carbocycles. The maximum atomic E-state index is 11.6. The van der Waals surface area contributed by atoms with Crippen LogP contribution in [0.5, 0.6) is 0 Å². The first kappa shape index (κ1) is 9.15. The van der Waals surface area contributed by atoms with Gasteiger partial charge in [0, 0.05) is 17.8 Å². The maximum Gasteiger partial charge on any atom is 0.0714 e. The van der Waals surface area contributed by atoms with Crippen LogP contribution in [0.25, 0.3) is 10.9 Å². The van der Waals surface area contributed by atoms with Gasteiger partial charge in [-0.1, -0.05) is 12.1 Å². The lowest BCUT2D eigenvalue weighted by Crippen LogP contribution is -1.96. The lowest BCUT2D eigenvalue weighted by molar-refractivity contribution is 0.679. The Hall–Kier alpha value is -1.42. The molecular weight excluding hydrogens is 196 g/mol. The highest BCUT2D eigenvalue weighted by atomic mass is 32.2. The third-order valence-corrected chi connectivity index (χ3v) is 3.22. The Kier molecular flexibility index (Phi) is 2.00. The summed E-state index contributed by atoms with van der Waals surface area (Å²) in [6.07, 6.45) is 3.11. The van der Waals surface area contributed by atoms with E-state index in [1.807, 2.05) is 12.1 Å². The van der Waals surface area contributed by atoms with E-state index in [4.69, 9.17) is 4.78 Å². The van der Waals surface area contributed by atoms with E-state index in [9.17, 15) is 4.21 Å². The molecule has 0 aliphatic rings. The van der Waals surface area contributed by atoms with Gasteiger partial charge in [-0.15, -0.1) is 0 Å². The van der Waals surface area contributed by atoms with Crippen molar-refractivity contribution < 1.29 is 4.21 Å². The normalized spacial score (nSPS) is 15.2. The van der Waals surface area contributed by atoms with Gasteiger partial charge in [0.15, 0.2) is 0 Å². The van der Waals surface area contributed by atoms with E-state index in [0.29, 0.717) is 4.90 Å². The molecule has 1 aromatic heterocycles. The fourth-order valence-corrected chi connectivity index (χ4v) is 2.35. The number of rotatable bonds is 1. The Morgan fingerprint density at radius 2 is 2.07 bits per heavy atom. The van der Waals surface area contributed by atoms with Crippen LogP contribution in [0.15, 0.2) is 41.4 Å². The molecule has 3 nitrogen and oxygen atoms in total. The van der Waals surface area contributed by atoms with Crippen molar-refractivity contribution in [2.24, 2.45) is 0 Å². The van der Waals surface area contributed by atoms with Gasteiger partial charge >= 0.3 is 0 Å². The summed E-state index contributed by atoms with van der Waals surface area (Å²) in [7, 11) is -2.67. The molecule has 0 aliphatic carbocycles. The van der Waals surface area contributed by atoms with Gasteiger partial charge in [0.1, 0.15) is 0 Å².